The predicted molar refractivity (Wildman–Crippen MR) is 71.4 cm³/mol. The third kappa shape index (κ3) is 3.29. The van der Waals surface area contributed by atoms with Crippen LogP contribution in [0.5, 0.6) is 0 Å². The zero-order chi connectivity index (χ0) is 13.4. The summed E-state index contributed by atoms with van der Waals surface area (Å²) < 4.78 is 0. The molecule has 18 heavy (non-hydrogen) atoms. The minimum atomic E-state index is -0.871. The normalized spacial score (nSPS) is 13.4. The van der Waals surface area contributed by atoms with Gasteiger partial charge in [-0.25, -0.2) is 0 Å². The molecule has 0 aromatic carbocycles. The van der Waals surface area contributed by atoms with Crippen molar-refractivity contribution in [3.63, 3.8) is 0 Å². The number of nitrogens with zero attached hydrogens (tertiary/aromatic N) is 1. The van der Waals surface area contributed by atoms with Gasteiger partial charge in [-0.3, -0.25) is 10.4 Å². The summed E-state index contributed by atoms with van der Waals surface area (Å²) in [4.78, 5) is 15.6. The van der Waals surface area contributed by atoms with Crippen LogP contribution in [0.2, 0.25) is 0 Å². The lowest BCUT2D eigenvalue weighted by atomic mass is 9.87. The summed E-state index contributed by atoms with van der Waals surface area (Å²) in [5.41, 5.74) is -0.0851. The fourth-order valence-corrected chi connectivity index (χ4v) is 1.80. The molecule has 0 saturated heterocycles. The smallest absolute Gasteiger partial charge is 0.189 e. The first-order chi connectivity index (χ1) is 8.68. The SMILES string of the molecule is CCCCC(C=O)(NC(=N)NC)c1cccnc1. The summed E-state index contributed by atoms with van der Waals surface area (Å²) in [6.07, 6.45) is 6.73. The first-order valence-electron chi connectivity index (χ1n) is 6.10. The van der Waals surface area contributed by atoms with Gasteiger partial charge in [0.1, 0.15) is 11.8 Å². The molecule has 5 heteroatoms. The van der Waals surface area contributed by atoms with E-state index in [1.54, 1.807) is 25.5 Å². The molecule has 3 N–H and O–H groups in total. The molecule has 1 rings (SSSR count). The average Bonchev–Trinajstić information content (AvgIpc) is 2.44. The number of unbranched alkanes of at least 4 members (excludes halogenated alkanes) is 1. The van der Waals surface area contributed by atoms with Crippen LogP contribution in [0.15, 0.2) is 24.5 Å². The summed E-state index contributed by atoms with van der Waals surface area (Å²) >= 11 is 0. The second-order valence-electron chi connectivity index (χ2n) is 4.18. The van der Waals surface area contributed by atoms with Crippen molar-refractivity contribution in [1.82, 2.24) is 15.6 Å². The van der Waals surface area contributed by atoms with E-state index in [2.05, 4.69) is 22.5 Å². The van der Waals surface area contributed by atoms with Crippen molar-refractivity contribution in [1.29, 1.82) is 5.41 Å². The predicted octanol–water partition coefficient (Wildman–Crippen LogP) is 1.41. The molecule has 0 aliphatic heterocycles. The van der Waals surface area contributed by atoms with Gasteiger partial charge < -0.3 is 15.4 Å². The molecule has 0 spiro atoms. The number of nitrogens with one attached hydrogen (secondary N) is 3. The van der Waals surface area contributed by atoms with Gasteiger partial charge in [-0.1, -0.05) is 25.8 Å². The zero-order valence-corrected chi connectivity index (χ0v) is 10.9. The third-order valence-electron chi connectivity index (χ3n) is 2.90. The molecule has 0 amide bonds. The molecule has 5 nitrogen and oxygen atoms in total. The fraction of sp³-hybridized carbons (Fsp3) is 0.462. The van der Waals surface area contributed by atoms with E-state index in [1.807, 2.05) is 6.07 Å². The molecule has 0 saturated carbocycles. The highest BCUT2D eigenvalue weighted by Crippen LogP contribution is 2.24. The molecule has 1 heterocycles. The van der Waals surface area contributed by atoms with Gasteiger partial charge >= 0.3 is 0 Å². The maximum atomic E-state index is 11.6. The van der Waals surface area contributed by atoms with Crippen LogP contribution in [-0.2, 0) is 10.3 Å². The van der Waals surface area contributed by atoms with E-state index < -0.39 is 5.54 Å². The van der Waals surface area contributed by atoms with E-state index in [9.17, 15) is 4.79 Å². The van der Waals surface area contributed by atoms with Crippen LogP contribution in [0.25, 0.3) is 0 Å². The Morgan fingerprint density at radius 3 is 2.89 bits per heavy atom. The van der Waals surface area contributed by atoms with Crippen molar-refractivity contribution in [2.45, 2.75) is 31.7 Å². The largest absolute Gasteiger partial charge is 0.360 e. The lowest BCUT2D eigenvalue weighted by Crippen LogP contribution is -2.50. The maximum absolute atomic E-state index is 11.6. The molecule has 1 aromatic heterocycles. The van der Waals surface area contributed by atoms with Crippen molar-refractivity contribution in [3.8, 4) is 0 Å². The molecule has 1 aromatic rings. The lowest BCUT2D eigenvalue weighted by Gasteiger charge is -2.30. The number of aldehydes is 1. The second-order valence-corrected chi connectivity index (χ2v) is 4.18. The van der Waals surface area contributed by atoms with Gasteiger partial charge in [0, 0.05) is 25.0 Å². The summed E-state index contributed by atoms with van der Waals surface area (Å²) in [5.74, 6) is 0.127. The van der Waals surface area contributed by atoms with E-state index in [4.69, 9.17) is 5.41 Å². The van der Waals surface area contributed by atoms with Gasteiger partial charge in [0.2, 0.25) is 0 Å². The number of carbonyl (C=O) groups is 1. The number of hydrogen-bond acceptors (Lipinski definition) is 3. The van der Waals surface area contributed by atoms with Gasteiger partial charge in [-0.2, -0.15) is 0 Å². The molecule has 1 unspecified atom stereocenters. The molecule has 0 bridgehead atoms. The van der Waals surface area contributed by atoms with Crippen LogP contribution in [0, 0.1) is 5.41 Å². The highest BCUT2D eigenvalue weighted by Gasteiger charge is 2.32. The average molecular weight is 248 g/mol. The van der Waals surface area contributed by atoms with Crippen LogP contribution in [0.3, 0.4) is 0 Å². The summed E-state index contributed by atoms with van der Waals surface area (Å²) in [5, 5.41) is 13.3. The van der Waals surface area contributed by atoms with Crippen LogP contribution in [0.4, 0.5) is 0 Å². The van der Waals surface area contributed by atoms with Gasteiger partial charge in [0.25, 0.3) is 0 Å². The molecule has 0 radical (unpaired) electrons. The number of aromatic nitrogens is 1. The number of guanidine groups is 1. The van der Waals surface area contributed by atoms with Crippen molar-refractivity contribution in [2.24, 2.45) is 0 Å². The number of carbonyl (C=O) groups excluding carboxylic acids is 1. The topological polar surface area (TPSA) is 77.9 Å². The minimum Gasteiger partial charge on any atom is -0.360 e. The maximum Gasteiger partial charge on any atom is 0.189 e. The summed E-state index contributed by atoms with van der Waals surface area (Å²) in [6.45, 7) is 2.07. The first-order valence-corrected chi connectivity index (χ1v) is 6.10. The molecule has 0 aliphatic rings. The van der Waals surface area contributed by atoms with E-state index >= 15 is 0 Å². The number of pyridine rings is 1. The second kappa shape index (κ2) is 6.74. The van der Waals surface area contributed by atoms with E-state index in [0.717, 1.165) is 24.7 Å². The summed E-state index contributed by atoms with van der Waals surface area (Å²) in [7, 11) is 1.65. The van der Waals surface area contributed by atoms with Crippen molar-refractivity contribution in [2.75, 3.05) is 7.05 Å². The Morgan fingerprint density at radius 2 is 2.39 bits per heavy atom. The first kappa shape index (κ1) is 14.2. The van der Waals surface area contributed by atoms with Gasteiger partial charge in [-0.15, -0.1) is 0 Å². The monoisotopic (exact) mass is 248 g/mol. The summed E-state index contributed by atoms with van der Waals surface area (Å²) in [6, 6.07) is 3.65. The Kier molecular flexibility index (Phi) is 5.30. The quantitative estimate of drug-likeness (QED) is 0.404. The fourth-order valence-electron chi connectivity index (χ4n) is 1.80. The molecule has 0 aliphatic carbocycles. The Bertz CT molecular complexity index is 393. The Morgan fingerprint density at radius 1 is 1.61 bits per heavy atom. The number of hydrogen-bond donors (Lipinski definition) is 3. The molecular weight excluding hydrogens is 228 g/mol. The standard InChI is InChI=1S/C13H20N4O/c1-3-4-7-13(10-18,17-12(14)15-2)11-6-5-8-16-9-11/h5-6,8-10H,3-4,7H2,1-2H3,(H3,14,15,17). The Hall–Kier alpha value is -1.91. The molecule has 0 fully saturated rings. The van der Waals surface area contributed by atoms with Gasteiger partial charge in [0.15, 0.2) is 5.96 Å². The highest BCUT2D eigenvalue weighted by atomic mass is 16.1. The van der Waals surface area contributed by atoms with Crippen LogP contribution < -0.4 is 10.6 Å². The zero-order valence-electron chi connectivity index (χ0n) is 10.9. The number of rotatable bonds is 6. The minimum absolute atomic E-state index is 0.127. The molecular formula is C13H20N4O. The Balaban J connectivity index is 3.05. The van der Waals surface area contributed by atoms with Crippen molar-refractivity contribution in [3.05, 3.63) is 30.1 Å². The van der Waals surface area contributed by atoms with Gasteiger partial charge in [0.05, 0.1) is 0 Å². The van der Waals surface area contributed by atoms with Crippen LogP contribution >= 0.6 is 0 Å². The molecule has 1 atom stereocenters. The van der Waals surface area contributed by atoms with Gasteiger partial charge in [-0.05, 0) is 12.5 Å². The van der Waals surface area contributed by atoms with Crippen LogP contribution in [-0.4, -0.2) is 24.3 Å². The Labute approximate surface area is 108 Å². The van der Waals surface area contributed by atoms with Crippen LogP contribution in [0.1, 0.15) is 31.7 Å². The highest BCUT2D eigenvalue weighted by molar-refractivity contribution is 5.82. The lowest BCUT2D eigenvalue weighted by molar-refractivity contribution is -0.113. The third-order valence-corrected chi connectivity index (χ3v) is 2.90. The van der Waals surface area contributed by atoms with Crippen molar-refractivity contribution < 1.29 is 4.79 Å². The van der Waals surface area contributed by atoms with Crippen molar-refractivity contribution >= 4 is 12.2 Å². The van der Waals surface area contributed by atoms with E-state index in [1.165, 1.54) is 0 Å². The van der Waals surface area contributed by atoms with E-state index in [-0.39, 0.29) is 5.96 Å². The molecule has 98 valence electrons. The van der Waals surface area contributed by atoms with E-state index in [0.29, 0.717) is 6.42 Å².